The van der Waals surface area contributed by atoms with E-state index >= 15 is 0 Å². The van der Waals surface area contributed by atoms with E-state index in [0.29, 0.717) is 23.9 Å². The molecule has 1 amide bonds. The van der Waals surface area contributed by atoms with Gasteiger partial charge in [0, 0.05) is 12.8 Å². The van der Waals surface area contributed by atoms with Gasteiger partial charge < -0.3 is 19.4 Å². The standard InChI is InChI=1S/C69H119N2O7P/c1-7-10-13-16-19-22-25-27-29-31-33-34-35-36-38-39-41-43-46-49-52-55-58-61-68(72)70-66(65-77-79(74,75)76-64-63-71(4,5)6)67(60-57-54-51-48-45-24-21-18-15-12-9-3)78-69(73)62-59-56-53-50-47-44-42-40-37-32-30-28-26-23-20-17-14-11-8-2/h11,14,19-20,22-23,27-30,33-34,37,40,44,47,53,56-57,60,66-67H,7-10,12-13,15-18,21,24-26,31-32,35-36,38-39,41-43,45-46,48-52,54-55,58-59,61-65H2,1-6H3,(H-,70,72,74,75)/p+1/b14-11-,22-19-,23-20-,29-27-,30-28-,34-33-,40-37-,47-44-,56-53-,60-57-. The molecule has 0 bridgehead atoms. The number of unbranched alkanes of at least 4 members (excludes halogenated alkanes) is 22. The largest absolute Gasteiger partial charge is 0.472 e. The molecule has 0 aromatic rings. The maximum atomic E-state index is 13.6. The molecule has 3 atom stereocenters. The first-order valence-corrected chi connectivity index (χ1v) is 33.4. The molecule has 0 aromatic heterocycles. The number of likely N-dealkylation sites (N-methyl/N-ethyl adjacent to an activating group) is 1. The number of carbonyl (C=O) groups excluding carboxylic acids is 2. The highest BCUT2D eigenvalue weighted by molar-refractivity contribution is 7.47. The predicted molar refractivity (Wildman–Crippen MR) is 341 cm³/mol. The molecule has 0 aliphatic rings. The fourth-order valence-electron chi connectivity index (χ4n) is 8.50. The molecule has 0 spiro atoms. The lowest BCUT2D eigenvalue weighted by Gasteiger charge is -2.27. The van der Waals surface area contributed by atoms with Gasteiger partial charge in [-0.1, -0.05) is 252 Å². The molecule has 0 saturated heterocycles. The number of nitrogens with zero attached hydrogens (tertiary/aromatic N) is 1. The number of amides is 1. The lowest BCUT2D eigenvalue weighted by Crippen LogP contribution is -2.47. The highest BCUT2D eigenvalue weighted by Crippen LogP contribution is 2.43. The smallest absolute Gasteiger partial charge is 0.456 e. The van der Waals surface area contributed by atoms with Crippen LogP contribution in [0.2, 0.25) is 0 Å². The predicted octanol–water partition coefficient (Wildman–Crippen LogP) is 19.9. The van der Waals surface area contributed by atoms with Gasteiger partial charge in [-0.25, -0.2) is 4.57 Å². The van der Waals surface area contributed by atoms with Crippen molar-refractivity contribution < 1.29 is 37.3 Å². The summed E-state index contributed by atoms with van der Waals surface area (Å²) < 4.78 is 30.6. The van der Waals surface area contributed by atoms with Gasteiger partial charge in [-0.3, -0.25) is 18.6 Å². The lowest BCUT2D eigenvalue weighted by atomic mass is 10.0. The quantitative estimate of drug-likeness (QED) is 0.0205. The van der Waals surface area contributed by atoms with Crippen molar-refractivity contribution in [1.29, 1.82) is 0 Å². The molecule has 0 rings (SSSR count). The fourth-order valence-corrected chi connectivity index (χ4v) is 9.24. The Labute approximate surface area is 486 Å². The molecule has 0 heterocycles. The van der Waals surface area contributed by atoms with Crippen LogP contribution in [0.4, 0.5) is 0 Å². The van der Waals surface area contributed by atoms with Crippen molar-refractivity contribution in [2.24, 2.45) is 0 Å². The molecule has 0 aliphatic carbocycles. The molecule has 0 radical (unpaired) electrons. The minimum Gasteiger partial charge on any atom is -0.456 e. The van der Waals surface area contributed by atoms with Crippen LogP contribution in [0.25, 0.3) is 0 Å². The molecule has 79 heavy (non-hydrogen) atoms. The van der Waals surface area contributed by atoms with Gasteiger partial charge >= 0.3 is 13.8 Å². The summed E-state index contributed by atoms with van der Waals surface area (Å²) in [6.07, 6.45) is 80.7. The molecule has 3 unspecified atom stereocenters. The number of hydrogen-bond donors (Lipinski definition) is 2. The molecule has 9 nitrogen and oxygen atoms in total. The Morgan fingerprint density at radius 1 is 0.456 bits per heavy atom. The second-order valence-electron chi connectivity index (χ2n) is 22.2. The van der Waals surface area contributed by atoms with Gasteiger partial charge in [-0.15, -0.1) is 0 Å². The summed E-state index contributed by atoms with van der Waals surface area (Å²) in [6.45, 7) is 6.80. The molecule has 10 heteroatoms. The zero-order chi connectivity index (χ0) is 57.9. The van der Waals surface area contributed by atoms with E-state index in [9.17, 15) is 19.0 Å². The van der Waals surface area contributed by atoms with Crippen LogP contribution in [-0.4, -0.2) is 74.3 Å². The minimum absolute atomic E-state index is 0.0221. The first kappa shape index (κ1) is 75.4. The maximum absolute atomic E-state index is 13.6. The third kappa shape index (κ3) is 58.9. The van der Waals surface area contributed by atoms with Gasteiger partial charge in [0.1, 0.15) is 19.3 Å². The van der Waals surface area contributed by atoms with Crippen LogP contribution >= 0.6 is 7.82 Å². The fraction of sp³-hybridized carbons (Fsp3) is 0.681. The molecule has 0 saturated carbocycles. The van der Waals surface area contributed by atoms with Gasteiger partial charge in [-0.05, 0) is 109 Å². The molecule has 452 valence electrons. The monoisotopic (exact) mass is 1120 g/mol. The molecule has 2 N–H and O–H groups in total. The Balaban J connectivity index is 5.28. The van der Waals surface area contributed by atoms with Gasteiger partial charge in [-0.2, -0.15) is 0 Å². The zero-order valence-electron chi connectivity index (χ0n) is 51.6. The van der Waals surface area contributed by atoms with Crippen LogP contribution in [0.1, 0.15) is 252 Å². The van der Waals surface area contributed by atoms with Gasteiger partial charge in [0.25, 0.3) is 0 Å². The van der Waals surface area contributed by atoms with E-state index in [1.807, 2.05) is 39.4 Å². The summed E-state index contributed by atoms with van der Waals surface area (Å²) in [5.74, 6) is -0.614. The van der Waals surface area contributed by atoms with Crippen LogP contribution in [0.15, 0.2) is 122 Å². The number of rotatable bonds is 56. The first-order chi connectivity index (χ1) is 38.4. The van der Waals surface area contributed by atoms with Crippen molar-refractivity contribution in [3.8, 4) is 0 Å². The second kappa shape index (κ2) is 57.6. The highest BCUT2D eigenvalue weighted by atomic mass is 31.2. The molecule has 0 aromatic carbocycles. The number of ether oxygens (including phenoxy) is 1. The average molecular weight is 1120 g/mol. The number of phosphoric acid groups is 1. The van der Waals surface area contributed by atoms with Gasteiger partial charge in [0.2, 0.25) is 5.91 Å². The third-order valence-corrected chi connectivity index (χ3v) is 14.4. The van der Waals surface area contributed by atoms with Crippen molar-refractivity contribution in [3.05, 3.63) is 122 Å². The summed E-state index contributed by atoms with van der Waals surface area (Å²) in [4.78, 5) is 37.7. The Kier molecular flexibility index (Phi) is 55.0. The van der Waals surface area contributed by atoms with Crippen molar-refractivity contribution in [2.75, 3.05) is 40.9 Å². The topological polar surface area (TPSA) is 111 Å². The van der Waals surface area contributed by atoms with E-state index < -0.39 is 25.9 Å². The van der Waals surface area contributed by atoms with Crippen molar-refractivity contribution in [1.82, 2.24) is 5.32 Å². The van der Waals surface area contributed by atoms with E-state index in [0.717, 1.165) is 103 Å². The maximum Gasteiger partial charge on any atom is 0.472 e. The number of hydrogen-bond acceptors (Lipinski definition) is 6. The normalized spacial score (nSPS) is 14.5. The van der Waals surface area contributed by atoms with Crippen LogP contribution in [0.3, 0.4) is 0 Å². The molecular formula is C69H120N2O7P+. The number of nitrogens with one attached hydrogen (secondary N) is 1. The Bertz CT molecular complexity index is 1770. The summed E-state index contributed by atoms with van der Waals surface area (Å²) >= 11 is 0. The van der Waals surface area contributed by atoms with E-state index in [4.69, 9.17) is 13.8 Å². The van der Waals surface area contributed by atoms with Crippen LogP contribution in [-0.2, 0) is 27.9 Å². The van der Waals surface area contributed by atoms with Crippen LogP contribution in [0, 0.1) is 0 Å². The number of allylic oxidation sites excluding steroid dienone is 19. The second-order valence-corrected chi connectivity index (χ2v) is 23.6. The third-order valence-electron chi connectivity index (χ3n) is 13.4. The molecular weight excluding hydrogens is 1000 g/mol. The Hall–Kier alpha value is -3.59. The van der Waals surface area contributed by atoms with Crippen molar-refractivity contribution in [2.45, 2.75) is 264 Å². The van der Waals surface area contributed by atoms with Crippen LogP contribution in [0.5, 0.6) is 0 Å². The molecule has 0 aliphatic heterocycles. The van der Waals surface area contributed by atoms with E-state index in [2.05, 4.69) is 129 Å². The molecule has 0 fully saturated rings. The van der Waals surface area contributed by atoms with Gasteiger partial charge in [0.15, 0.2) is 0 Å². The summed E-state index contributed by atoms with van der Waals surface area (Å²) in [6, 6.07) is -0.889. The number of quaternary nitrogens is 1. The van der Waals surface area contributed by atoms with E-state index in [1.165, 1.54) is 109 Å². The highest BCUT2D eigenvalue weighted by Gasteiger charge is 2.30. The lowest BCUT2D eigenvalue weighted by molar-refractivity contribution is -0.870. The SMILES string of the molecule is CC/C=C\C/C=C\C/C=C\C/C=C\C/C=C\C/C=C\CCC(=O)OC(/C=C\CCCCCCCCCCC)C(COP(=O)(O)OCC[N+](C)(C)C)NC(=O)CCCCCCCCCCCC/C=C\C/C=C\C/C=C\CCCCC. The number of phosphoric ester groups is 1. The van der Waals surface area contributed by atoms with E-state index in [1.54, 1.807) is 0 Å². The van der Waals surface area contributed by atoms with Crippen LogP contribution < -0.4 is 5.32 Å². The Morgan fingerprint density at radius 3 is 1.27 bits per heavy atom. The number of esters is 1. The average Bonchev–Trinajstić information content (AvgIpc) is 3.41. The summed E-state index contributed by atoms with van der Waals surface area (Å²) in [5, 5.41) is 3.03. The van der Waals surface area contributed by atoms with E-state index in [-0.39, 0.29) is 25.5 Å². The first-order valence-electron chi connectivity index (χ1n) is 31.9. The van der Waals surface area contributed by atoms with Gasteiger partial charge in [0.05, 0.1) is 33.8 Å². The summed E-state index contributed by atoms with van der Waals surface area (Å²) in [5.41, 5.74) is 0. The number of carbonyl (C=O) groups is 2. The minimum atomic E-state index is -4.47. The summed E-state index contributed by atoms with van der Waals surface area (Å²) in [7, 11) is 1.44. The van der Waals surface area contributed by atoms with Crippen molar-refractivity contribution >= 4 is 19.7 Å². The zero-order valence-corrected chi connectivity index (χ0v) is 52.5. The van der Waals surface area contributed by atoms with Crippen molar-refractivity contribution in [3.63, 3.8) is 0 Å². The Morgan fingerprint density at radius 2 is 0.823 bits per heavy atom.